The summed E-state index contributed by atoms with van der Waals surface area (Å²) in [6, 6.07) is 4.72. The summed E-state index contributed by atoms with van der Waals surface area (Å²) in [6.07, 6.45) is 0.515. The van der Waals surface area contributed by atoms with Gasteiger partial charge in [-0.1, -0.05) is 12.1 Å². The van der Waals surface area contributed by atoms with E-state index in [4.69, 9.17) is 0 Å². The lowest BCUT2D eigenvalue weighted by molar-refractivity contribution is -0.130. The van der Waals surface area contributed by atoms with Crippen LogP contribution in [0.25, 0.3) is 0 Å². The Kier molecular flexibility index (Phi) is 4.39. The van der Waals surface area contributed by atoms with Crippen molar-refractivity contribution >= 4 is 15.9 Å². The Bertz CT molecular complexity index is 653. The average molecular weight is 310 g/mol. The SMILES string of the molecule is Cc1ccc(C)c(S(=O)(=O)NC2CCN(C(C)C)C2=O)c1. The highest BCUT2D eigenvalue weighted by molar-refractivity contribution is 7.89. The number of amides is 1. The molecule has 0 aliphatic carbocycles. The van der Waals surface area contributed by atoms with Crippen molar-refractivity contribution < 1.29 is 13.2 Å². The molecule has 1 aromatic carbocycles. The van der Waals surface area contributed by atoms with E-state index in [-0.39, 0.29) is 16.8 Å². The van der Waals surface area contributed by atoms with Gasteiger partial charge in [0, 0.05) is 12.6 Å². The third-order valence-corrected chi connectivity index (χ3v) is 5.41. The number of rotatable bonds is 4. The van der Waals surface area contributed by atoms with Crippen molar-refractivity contribution in [1.82, 2.24) is 9.62 Å². The van der Waals surface area contributed by atoms with Crippen molar-refractivity contribution in [2.75, 3.05) is 6.54 Å². The number of sulfonamides is 1. The molecular formula is C15H22N2O3S. The van der Waals surface area contributed by atoms with Crippen LogP contribution in [0.1, 0.15) is 31.4 Å². The second-order valence-electron chi connectivity index (χ2n) is 5.86. The first kappa shape index (κ1) is 16.0. The molecule has 1 fully saturated rings. The van der Waals surface area contributed by atoms with Crippen LogP contribution in [-0.4, -0.2) is 37.9 Å². The molecule has 5 nitrogen and oxygen atoms in total. The summed E-state index contributed by atoms with van der Waals surface area (Å²) in [4.78, 5) is 14.2. The van der Waals surface area contributed by atoms with Gasteiger partial charge in [0.2, 0.25) is 15.9 Å². The highest BCUT2D eigenvalue weighted by Gasteiger charge is 2.36. The predicted octanol–water partition coefficient (Wildman–Crippen LogP) is 1.59. The highest BCUT2D eigenvalue weighted by atomic mass is 32.2. The minimum atomic E-state index is -3.68. The van der Waals surface area contributed by atoms with Gasteiger partial charge in [0.25, 0.3) is 0 Å². The zero-order valence-corrected chi connectivity index (χ0v) is 13.7. The van der Waals surface area contributed by atoms with Crippen LogP contribution < -0.4 is 4.72 Å². The number of benzene rings is 1. The lowest BCUT2D eigenvalue weighted by atomic mass is 10.2. The molecule has 1 atom stereocenters. The Balaban J connectivity index is 2.23. The van der Waals surface area contributed by atoms with E-state index in [1.165, 1.54) is 0 Å². The molecule has 1 aromatic rings. The number of nitrogens with one attached hydrogen (secondary N) is 1. The van der Waals surface area contributed by atoms with Gasteiger partial charge in [0.05, 0.1) is 4.90 Å². The van der Waals surface area contributed by atoms with Gasteiger partial charge in [-0.25, -0.2) is 8.42 Å². The van der Waals surface area contributed by atoms with Crippen molar-refractivity contribution in [3.05, 3.63) is 29.3 Å². The summed E-state index contributed by atoms with van der Waals surface area (Å²) in [7, 11) is -3.68. The van der Waals surface area contributed by atoms with Crippen molar-refractivity contribution in [2.24, 2.45) is 0 Å². The molecule has 0 saturated carbocycles. The largest absolute Gasteiger partial charge is 0.339 e. The summed E-state index contributed by atoms with van der Waals surface area (Å²) >= 11 is 0. The first-order valence-corrected chi connectivity index (χ1v) is 8.61. The molecule has 116 valence electrons. The van der Waals surface area contributed by atoms with Crippen LogP contribution in [0.3, 0.4) is 0 Å². The fourth-order valence-electron chi connectivity index (χ4n) is 2.57. The van der Waals surface area contributed by atoms with Crippen LogP contribution in [0.2, 0.25) is 0 Å². The van der Waals surface area contributed by atoms with E-state index >= 15 is 0 Å². The van der Waals surface area contributed by atoms with E-state index in [1.807, 2.05) is 26.8 Å². The van der Waals surface area contributed by atoms with Gasteiger partial charge in [-0.05, 0) is 51.3 Å². The summed E-state index contributed by atoms with van der Waals surface area (Å²) < 4.78 is 27.6. The fraction of sp³-hybridized carbons (Fsp3) is 0.533. The van der Waals surface area contributed by atoms with Gasteiger partial charge >= 0.3 is 0 Å². The Morgan fingerprint density at radius 2 is 1.95 bits per heavy atom. The normalized spacial score (nSPS) is 19.6. The van der Waals surface area contributed by atoms with Crippen LogP contribution >= 0.6 is 0 Å². The highest BCUT2D eigenvalue weighted by Crippen LogP contribution is 2.20. The Morgan fingerprint density at radius 3 is 2.52 bits per heavy atom. The number of hydrogen-bond acceptors (Lipinski definition) is 3. The molecule has 0 bridgehead atoms. The maximum atomic E-state index is 12.5. The second-order valence-corrected chi connectivity index (χ2v) is 7.54. The molecule has 1 N–H and O–H groups in total. The van der Waals surface area contributed by atoms with Crippen molar-refractivity contribution in [2.45, 2.75) is 51.1 Å². The molecule has 0 spiro atoms. The summed E-state index contributed by atoms with van der Waals surface area (Å²) in [6.45, 7) is 8.06. The first-order valence-electron chi connectivity index (χ1n) is 7.12. The number of likely N-dealkylation sites (tertiary alicyclic amines) is 1. The first-order chi connectivity index (χ1) is 9.72. The van der Waals surface area contributed by atoms with Gasteiger partial charge in [-0.3, -0.25) is 4.79 Å². The number of aryl methyl sites for hydroxylation is 2. The zero-order valence-electron chi connectivity index (χ0n) is 12.9. The van der Waals surface area contributed by atoms with E-state index in [0.717, 1.165) is 5.56 Å². The van der Waals surface area contributed by atoms with E-state index in [9.17, 15) is 13.2 Å². The molecule has 0 aromatic heterocycles. The lowest BCUT2D eigenvalue weighted by Gasteiger charge is -2.21. The Hall–Kier alpha value is -1.40. The van der Waals surface area contributed by atoms with E-state index in [1.54, 1.807) is 24.0 Å². The van der Waals surface area contributed by atoms with Gasteiger partial charge in [-0.2, -0.15) is 4.72 Å². The summed E-state index contributed by atoms with van der Waals surface area (Å²) in [5.74, 6) is -0.140. The standard InChI is InChI=1S/C15H22N2O3S/c1-10(2)17-8-7-13(15(17)18)16-21(19,20)14-9-11(3)5-6-12(14)4/h5-6,9-10,13,16H,7-8H2,1-4H3. The number of carbonyl (C=O) groups is 1. The number of nitrogens with zero attached hydrogens (tertiary/aromatic N) is 1. The summed E-state index contributed by atoms with van der Waals surface area (Å²) in [5.41, 5.74) is 1.56. The van der Waals surface area contributed by atoms with E-state index in [2.05, 4.69) is 4.72 Å². The topological polar surface area (TPSA) is 66.5 Å². The third-order valence-electron chi connectivity index (χ3n) is 3.79. The minimum absolute atomic E-state index is 0.0905. The van der Waals surface area contributed by atoms with Gasteiger partial charge < -0.3 is 4.90 Å². The molecule has 1 aliphatic rings. The van der Waals surface area contributed by atoms with Crippen LogP contribution in [0.5, 0.6) is 0 Å². The van der Waals surface area contributed by atoms with Crippen molar-refractivity contribution in [3.8, 4) is 0 Å². The number of hydrogen-bond donors (Lipinski definition) is 1. The second kappa shape index (κ2) is 5.77. The quantitative estimate of drug-likeness (QED) is 0.918. The van der Waals surface area contributed by atoms with E-state index < -0.39 is 16.1 Å². The van der Waals surface area contributed by atoms with Crippen LogP contribution in [0.4, 0.5) is 0 Å². The molecule has 6 heteroatoms. The van der Waals surface area contributed by atoms with Crippen molar-refractivity contribution in [1.29, 1.82) is 0 Å². The molecule has 1 amide bonds. The molecule has 21 heavy (non-hydrogen) atoms. The minimum Gasteiger partial charge on any atom is -0.339 e. The van der Waals surface area contributed by atoms with E-state index in [0.29, 0.717) is 18.5 Å². The zero-order chi connectivity index (χ0) is 15.8. The average Bonchev–Trinajstić information content (AvgIpc) is 2.73. The fourth-order valence-corrected chi connectivity index (χ4v) is 4.12. The predicted molar refractivity (Wildman–Crippen MR) is 81.5 cm³/mol. The van der Waals surface area contributed by atoms with Crippen LogP contribution in [-0.2, 0) is 14.8 Å². The van der Waals surface area contributed by atoms with Crippen LogP contribution in [0.15, 0.2) is 23.1 Å². The Labute approximate surface area is 126 Å². The molecule has 0 radical (unpaired) electrons. The maximum Gasteiger partial charge on any atom is 0.241 e. The molecule has 1 unspecified atom stereocenters. The van der Waals surface area contributed by atoms with Gasteiger partial charge in [0.15, 0.2) is 0 Å². The summed E-state index contributed by atoms with van der Waals surface area (Å²) in [5, 5.41) is 0. The molecule has 1 aliphatic heterocycles. The molecule has 1 saturated heterocycles. The Morgan fingerprint density at radius 1 is 1.29 bits per heavy atom. The van der Waals surface area contributed by atoms with Crippen LogP contribution in [0, 0.1) is 13.8 Å². The van der Waals surface area contributed by atoms with Gasteiger partial charge in [0.1, 0.15) is 6.04 Å². The monoisotopic (exact) mass is 310 g/mol. The third kappa shape index (κ3) is 3.27. The molecule has 1 heterocycles. The van der Waals surface area contributed by atoms with Gasteiger partial charge in [-0.15, -0.1) is 0 Å². The van der Waals surface area contributed by atoms with Crippen molar-refractivity contribution in [3.63, 3.8) is 0 Å². The lowest BCUT2D eigenvalue weighted by Crippen LogP contribution is -2.43. The smallest absolute Gasteiger partial charge is 0.241 e. The maximum absolute atomic E-state index is 12.5. The molecular weight excluding hydrogens is 288 g/mol. The number of carbonyl (C=O) groups excluding carboxylic acids is 1. The molecule has 2 rings (SSSR count).